The van der Waals surface area contributed by atoms with Crippen LogP contribution in [0.4, 0.5) is 16.0 Å². The monoisotopic (exact) mass is 255 g/mol. The zero-order valence-electron chi connectivity index (χ0n) is 8.37. The summed E-state index contributed by atoms with van der Waals surface area (Å²) in [5.41, 5.74) is 5.23. The number of nitrogens with one attached hydrogen (secondary N) is 2. The van der Waals surface area contributed by atoms with Crippen LogP contribution < -0.4 is 11.1 Å². The first-order valence-corrected chi connectivity index (χ1v) is 4.88. The second kappa shape index (κ2) is 4.38. The van der Waals surface area contributed by atoms with Gasteiger partial charge in [-0.25, -0.2) is 4.39 Å². The number of anilines is 2. The van der Waals surface area contributed by atoms with Crippen LogP contribution in [0.5, 0.6) is 0 Å². The molecule has 4 N–H and O–H groups in total. The minimum absolute atomic E-state index is 0.00521. The maximum absolute atomic E-state index is 13.4. The zero-order valence-corrected chi connectivity index (χ0v) is 9.12. The van der Waals surface area contributed by atoms with E-state index in [1.807, 2.05) is 0 Å². The van der Waals surface area contributed by atoms with Gasteiger partial charge in [0.15, 0.2) is 0 Å². The molecule has 0 aliphatic rings. The third-order valence-electron chi connectivity index (χ3n) is 1.90. The Kier molecular flexibility index (Phi) is 2.92. The molecule has 8 heteroatoms. The molecular formula is C9H7ClFN5O. The first-order valence-electron chi connectivity index (χ1n) is 4.50. The summed E-state index contributed by atoms with van der Waals surface area (Å²) in [7, 11) is 0. The molecule has 2 rings (SSSR count). The molecular weight excluding hydrogens is 249 g/mol. The van der Waals surface area contributed by atoms with Gasteiger partial charge in [-0.2, -0.15) is 4.98 Å². The number of H-pyrrole nitrogens is 1. The SMILES string of the molecule is Nc1n[nH]c(C(=O)Nc2ccc(Cl)cc2F)n1. The van der Waals surface area contributed by atoms with E-state index >= 15 is 0 Å². The van der Waals surface area contributed by atoms with Gasteiger partial charge in [0.1, 0.15) is 5.82 Å². The summed E-state index contributed by atoms with van der Waals surface area (Å²) < 4.78 is 13.4. The van der Waals surface area contributed by atoms with E-state index in [2.05, 4.69) is 20.5 Å². The van der Waals surface area contributed by atoms with Gasteiger partial charge in [-0.05, 0) is 18.2 Å². The summed E-state index contributed by atoms with van der Waals surface area (Å²) in [6.07, 6.45) is 0. The van der Waals surface area contributed by atoms with Crippen LogP contribution in [0.3, 0.4) is 0 Å². The maximum atomic E-state index is 13.4. The highest BCUT2D eigenvalue weighted by atomic mass is 35.5. The number of aromatic nitrogens is 3. The molecule has 1 heterocycles. The molecule has 1 aromatic carbocycles. The summed E-state index contributed by atoms with van der Waals surface area (Å²) in [5, 5.41) is 8.34. The van der Waals surface area contributed by atoms with Crippen LogP contribution in [0.25, 0.3) is 0 Å². The van der Waals surface area contributed by atoms with Gasteiger partial charge in [0, 0.05) is 5.02 Å². The second-order valence-electron chi connectivity index (χ2n) is 3.12. The van der Waals surface area contributed by atoms with Crippen molar-refractivity contribution >= 4 is 29.1 Å². The summed E-state index contributed by atoms with van der Waals surface area (Å²) in [4.78, 5) is 15.2. The Morgan fingerprint density at radius 1 is 1.53 bits per heavy atom. The van der Waals surface area contributed by atoms with E-state index < -0.39 is 11.7 Å². The van der Waals surface area contributed by atoms with E-state index in [9.17, 15) is 9.18 Å². The maximum Gasteiger partial charge on any atom is 0.293 e. The van der Waals surface area contributed by atoms with Crippen molar-refractivity contribution in [3.05, 3.63) is 34.9 Å². The molecule has 17 heavy (non-hydrogen) atoms. The molecule has 0 saturated carbocycles. The van der Waals surface area contributed by atoms with Crippen LogP contribution in [0, 0.1) is 5.82 Å². The van der Waals surface area contributed by atoms with Crippen LogP contribution in [0.2, 0.25) is 5.02 Å². The van der Waals surface area contributed by atoms with Crippen molar-refractivity contribution in [2.75, 3.05) is 11.1 Å². The Labute approximate surface area is 100.0 Å². The number of benzene rings is 1. The fourth-order valence-corrected chi connectivity index (χ4v) is 1.31. The molecule has 0 bridgehead atoms. The molecule has 0 aliphatic heterocycles. The standard InChI is InChI=1S/C9H7ClFN5O/c10-4-1-2-6(5(11)3-4)13-8(17)7-14-9(12)16-15-7/h1-3H,(H,13,17)(H3,12,14,15,16). The predicted molar refractivity (Wildman–Crippen MR) is 60.2 cm³/mol. The molecule has 2 aromatic rings. The number of nitrogens with two attached hydrogens (primary N) is 1. The fourth-order valence-electron chi connectivity index (χ4n) is 1.15. The lowest BCUT2D eigenvalue weighted by Gasteiger charge is -2.04. The number of halogens is 2. The Hall–Kier alpha value is -2.15. The Morgan fingerprint density at radius 3 is 2.88 bits per heavy atom. The van der Waals surface area contributed by atoms with Crippen molar-refractivity contribution in [1.82, 2.24) is 15.2 Å². The van der Waals surface area contributed by atoms with Gasteiger partial charge < -0.3 is 11.1 Å². The lowest BCUT2D eigenvalue weighted by molar-refractivity contribution is 0.101. The highest BCUT2D eigenvalue weighted by Gasteiger charge is 2.13. The lowest BCUT2D eigenvalue weighted by atomic mass is 10.3. The van der Waals surface area contributed by atoms with Gasteiger partial charge in [0.25, 0.3) is 5.91 Å². The quantitative estimate of drug-likeness (QED) is 0.756. The third-order valence-corrected chi connectivity index (χ3v) is 2.13. The number of nitrogen functional groups attached to an aromatic ring is 1. The molecule has 0 spiro atoms. The number of rotatable bonds is 2. The van der Waals surface area contributed by atoms with Crippen molar-refractivity contribution in [3.63, 3.8) is 0 Å². The third kappa shape index (κ3) is 2.51. The minimum Gasteiger partial charge on any atom is -0.366 e. The summed E-state index contributed by atoms with van der Waals surface area (Å²) in [6.45, 7) is 0. The molecule has 0 fully saturated rings. The van der Waals surface area contributed by atoms with Crippen molar-refractivity contribution in [1.29, 1.82) is 0 Å². The van der Waals surface area contributed by atoms with Crippen LogP contribution in [-0.2, 0) is 0 Å². The van der Waals surface area contributed by atoms with Crippen molar-refractivity contribution in [2.45, 2.75) is 0 Å². The predicted octanol–water partition coefficient (Wildman–Crippen LogP) is 1.43. The van der Waals surface area contributed by atoms with Crippen LogP contribution in [0.15, 0.2) is 18.2 Å². The Morgan fingerprint density at radius 2 is 2.29 bits per heavy atom. The lowest BCUT2D eigenvalue weighted by Crippen LogP contribution is -2.14. The first kappa shape index (κ1) is 11.3. The molecule has 88 valence electrons. The normalized spacial score (nSPS) is 10.2. The summed E-state index contributed by atoms with van der Waals surface area (Å²) in [5.74, 6) is -1.45. The molecule has 1 amide bonds. The minimum atomic E-state index is -0.643. The number of hydrogen-bond donors (Lipinski definition) is 3. The van der Waals surface area contributed by atoms with Crippen LogP contribution in [0.1, 0.15) is 10.6 Å². The van der Waals surface area contributed by atoms with Crippen molar-refractivity contribution in [2.24, 2.45) is 0 Å². The van der Waals surface area contributed by atoms with Gasteiger partial charge in [0.2, 0.25) is 11.8 Å². The first-order chi connectivity index (χ1) is 8.06. The van der Waals surface area contributed by atoms with E-state index in [-0.39, 0.29) is 22.5 Å². The van der Waals surface area contributed by atoms with Gasteiger partial charge in [-0.1, -0.05) is 11.6 Å². The van der Waals surface area contributed by atoms with Crippen LogP contribution in [-0.4, -0.2) is 21.1 Å². The van der Waals surface area contributed by atoms with Gasteiger partial charge in [-0.3, -0.25) is 9.89 Å². The number of carbonyl (C=O) groups is 1. The number of nitrogens with zero attached hydrogens (tertiary/aromatic N) is 2. The fraction of sp³-hybridized carbons (Fsp3) is 0. The molecule has 0 unspecified atom stereocenters. The smallest absolute Gasteiger partial charge is 0.293 e. The Bertz CT molecular complexity index is 570. The highest BCUT2D eigenvalue weighted by Crippen LogP contribution is 2.19. The Balaban J connectivity index is 2.18. The molecule has 0 radical (unpaired) electrons. The van der Waals surface area contributed by atoms with Gasteiger partial charge in [0.05, 0.1) is 5.69 Å². The second-order valence-corrected chi connectivity index (χ2v) is 3.56. The van der Waals surface area contributed by atoms with E-state index in [0.717, 1.165) is 6.07 Å². The average molecular weight is 256 g/mol. The average Bonchev–Trinajstić information content (AvgIpc) is 2.69. The van der Waals surface area contributed by atoms with Crippen molar-refractivity contribution in [3.8, 4) is 0 Å². The highest BCUT2D eigenvalue weighted by molar-refractivity contribution is 6.30. The molecule has 0 saturated heterocycles. The number of aromatic amines is 1. The van der Waals surface area contributed by atoms with E-state index in [0.29, 0.717) is 0 Å². The number of hydrogen-bond acceptors (Lipinski definition) is 4. The van der Waals surface area contributed by atoms with Gasteiger partial charge >= 0.3 is 0 Å². The molecule has 6 nitrogen and oxygen atoms in total. The van der Waals surface area contributed by atoms with E-state index in [1.165, 1.54) is 12.1 Å². The molecule has 0 aliphatic carbocycles. The summed E-state index contributed by atoms with van der Waals surface area (Å²) in [6, 6.07) is 3.89. The van der Waals surface area contributed by atoms with E-state index in [4.69, 9.17) is 17.3 Å². The van der Waals surface area contributed by atoms with Gasteiger partial charge in [-0.15, -0.1) is 5.10 Å². The number of amides is 1. The molecule has 0 atom stereocenters. The number of carbonyl (C=O) groups excluding carboxylic acids is 1. The van der Waals surface area contributed by atoms with E-state index in [1.54, 1.807) is 0 Å². The summed E-state index contributed by atoms with van der Waals surface area (Å²) >= 11 is 5.58. The van der Waals surface area contributed by atoms with Crippen molar-refractivity contribution < 1.29 is 9.18 Å². The topological polar surface area (TPSA) is 96.7 Å². The van der Waals surface area contributed by atoms with Crippen LogP contribution >= 0.6 is 11.6 Å². The zero-order chi connectivity index (χ0) is 12.4. The molecule has 1 aromatic heterocycles. The largest absolute Gasteiger partial charge is 0.366 e.